The van der Waals surface area contributed by atoms with E-state index in [2.05, 4.69) is 41.8 Å². The van der Waals surface area contributed by atoms with Crippen molar-refractivity contribution in [2.75, 3.05) is 13.6 Å². The molecule has 0 radical (unpaired) electrons. The van der Waals surface area contributed by atoms with Crippen LogP contribution in [0, 0.1) is 12.7 Å². The van der Waals surface area contributed by atoms with Crippen LogP contribution in [0.25, 0.3) is 0 Å². The zero-order valence-electron chi connectivity index (χ0n) is 15.6. The summed E-state index contributed by atoms with van der Waals surface area (Å²) >= 11 is 1.70. The Morgan fingerprint density at radius 2 is 2.04 bits per heavy atom. The van der Waals surface area contributed by atoms with Crippen LogP contribution in [-0.4, -0.2) is 24.5 Å². The summed E-state index contributed by atoms with van der Waals surface area (Å²) < 4.78 is 13.3. The molecule has 2 aromatic rings. The summed E-state index contributed by atoms with van der Waals surface area (Å²) in [5.74, 6) is 0.555. The Kier molecular flexibility index (Phi) is 6.53. The molecule has 4 nitrogen and oxygen atoms in total. The highest BCUT2D eigenvalue weighted by Gasteiger charge is 2.17. The van der Waals surface area contributed by atoms with Gasteiger partial charge in [-0.05, 0) is 24.1 Å². The average Bonchev–Trinajstić information content (AvgIpc) is 3.03. The Hall–Kier alpha value is -1.95. The zero-order valence-corrected chi connectivity index (χ0v) is 16.4. The molecule has 1 aromatic heterocycles. The highest BCUT2D eigenvalue weighted by Crippen LogP contribution is 2.23. The molecule has 0 unspecified atom stereocenters. The monoisotopic (exact) mass is 362 g/mol. The third kappa shape index (κ3) is 5.81. The predicted molar refractivity (Wildman–Crippen MR) is 104 cm³/mol. The van der Waals surface area contributed by atoms with E-state index >= 15 is 0 Å². The van der Waals surface area contributed by atoms with Gasteiger partial charge in [0.2, 0.25) is 0 Å². The summed E-state index contributed by atoms with van der Waals surface area (Å²) in [5.41, 5.74) is 2.91. The first-order valence-electron chi connectivity index (χ1n) is 8.44. The van der Waals surface area contributed by atoms with Gasteiger partial charge < -0.3 is 10.6 Å². The summed E-state index contributed by atoms with van der Waals surface area (Å²) in [6, 6.07) is 5.13. The average molecular weight is 363 g/mol. The van der Waals surface area contributed by atoms with Gasteiger partial charge in [-0.2, -0.15) is 0 Å². The molecule has 0 amide bonds. The molecule has 6 heteroatoms. The van der Waals surface area contributed by atoms with E-state index in [1.54, 1.807) is 31.4 Å². The lowest BCUT2D eigenvalue weighted by atomic mass is 9.93. The fraction of sp³-hybridized carbons (Fsp3) is 0.474. The molecule has 0 bridgehead atoms. The van der Waals surface area contributed by atoms with Crippen molar-refractivity contribution in [1.82, 2.24) is 15.6 Å². The number of aromatic nitrogens is 1. The van der Waals surface area contributed by atoms with Crippen LogP contribution in [0.3, 0.4) is 0 Å². The van der Waals surface area contributed by atoms with Gasteiger partial charge in [-0.3, -0.25) is 4.99 Å². The van der Waals surface area contributed by atoms with Crippen LogP contribution in [0.5, 0.6) is 0 Å². The molecule has 0 fully saturated rings. The third-order valence-corrected chi connectivity index (χ3v) is 4.77. The molecule has 0 aliphatic heterocycles. The van der Waals surface area contributed by atoms with E-state index < -0.39 is 0 Å². The Morgan fingerprint density at radius 3 is 2.64 bits per heavy atom. The van der Waals surface area contributed by atoms with Gasteiger partial charge in [-0.25, -0.2) is 9.37 Å². The molecule has 0 aliphatic carbocycles. The second kappa shape index (κ2) is 8.43. The number of thiazole rings is 1. The molecule has 136 valence electrons. The van der Waals surface area contributed by atoms with Gasteiger partial charge >= 0.3 is 0 Å². The molecule has 1 aromatic carbocycles. The summed E-state index contributed by atoms with van der Waals surface area (Å²) in [6.45, 7) is 9.66. The number of aryl methyl sites for hydroxylation is 1. The topological polar surface area (TPSA) is 49.3 Å². The van der Waals surface area contributed by atoms with Crippen LogP contribution >= 0.6 is 11.3 Å². The standard InChI is InChI=1S/C19H27FN4S/c1-13-10-14(6-7-15(13)20)11-23-18(21-5)22-9-8-17-24-16(12-25-17)19(2,3)4/h6-7,10,12H,8-9,11H2,1-5H3,(H2,21,22,23). The minimum atomic E-state index is -0.177. The van der Waals surface area contributed by atoms with E-state index in [9.17, 15) is 4.39 Å². The summed E-state index contributed by atoms with van der Waals surface area (Å²) in [7, 11) is 1.74. The Balaban J connectivity index is 1.80. The quantitative estimate of drug-likeness (QED) is 0.628. The van der Waals surface area contributed by atoms with Gasteiger partial charge in [0.05, 0.1) is 10.7 Å². The molecule has 0 spiro atoms. The molecule has 0 saturated heterocycles. The van der Waals surface area contributed by atoms with Crippen LogP contribution in [0.4, 0.5) is 4.39 Å². The summed E-state index contributed by atoms with van der Waals surface area (Å²) in [4.78, 5) is 8.92. The third-order valence-electron chi connectivity index (χ3n) is 3.86. The van der Waals surface area contributed by atoms with E-state index in [-0.39, 0.29) is 11.2 Å². The van der Waals surface area contributed by atoms with Crippen LogP contribution < -0.4 is 10.6 Å². The Morgan fingerprint density at radius 1 is 1.28 bits per heavy atom. The van der Waals surface area contributed by atoms with Gasteiger partial charge in [-0.15, -0.1) is 11.3 Å². The maximum atomic E-state index is 13.3. The second-order valence-corrected chi connectivity index (χ2v) is 8.01. The Labute approximate surface area is 153 Å². The van der Waals surface area contributed by atoms with E-state index in [4.69, 9.17) is 4.98 Å². The number of nitrogens with one attached hydrogen (secondary N) is 2. The van der Waals surface area contributed by atoms with Gasteiger partial charge in [0.15, 0.2) is 5.96 Å². The largest absolute Gasteiger partial charge is 0.356 e. The molecule has 0 saturated carbocycles. The molecule has 2 N–H and O–H groups in total. The number of rotatable bonds is 5. The molecule has 0 aliphatic rings. The molecule has 2 rings (SSSR count). The van der Waals surface area contributed by atoms with Gasteiger partial charge in [-0.1, -0.05) is 32.9 Å². The van der Waals surface area contributed by atoms with Crippen molar-refractivity contribution in [3.05, 3.63) is 51.2 Å². The van der Waals surface area contributed by atoms with E-state index in [0.29, 0.717) is 12.1 Å². The smallest absolute Gasteiger partial charge is 0.191 e. The first-order valence-corrected chi connectivity index (χ1v) is 9.32. The minimum Gasteiger partial charge on any atom is -0.356 e. The van der Waals surface area contributed by atoms with Crippen molar-refractivity contribution in [3.8, 4) is 0 Å². The number of hydrogen-bond donors (Lipinski definition) is 2. The van der Waals surface area contributed by atoms with Crippen LogP contribution in [0.15, 0.2) is 28.6 Å². The summed E-state index contributed by atoms with van der Waals surface area (Å²) in [6.07, 6.45) is 0.858. The van der Waals surface area contributed by atoms with Gasteiger partial charge in [0.25, 0.3) is 0 Å². The molecule has 1 heterocycles. The van der Waals surface area contributed by atoms with Crippen molar-refractivity contribution in [1.29, 1.82) is 0 Å². The molecule has 25 heavy (non-hydrogen) atoms. The van der Waals surface area contributed by atoms with Gasteiger partial charge in [0.1, 0.15) is 5.82 Å². The molecular formula is C19H27FN4S. The van der Waals surface area contributed by atoms with E-state index in [0.717, 1.165) is 35.2 Å². The lowest BCUT2D eigenvalue weighted by Gasteiger charge is -2.14. The van der Waals surface area contributed by atoms with Crippen molar-refractivity contribution >= 4 is 17.3 Å². The highest BCUT2D eigenvalue weighted by molar-refractivity contribution is 7.09. The van der Waals surface area contributed by atoms with E-state index in [1.165, 1.54) is 6.07 Å². The lowest BCUT2D eigenvalue weighted by Crippen LogP contribution is -2.37. The molecular weight excluding hydrogens is 335 g/mol. The van der Waals surface area contributed by atoms with Gasteiger partial charge in [0, 0.05) is 37.4 Å². The SMILES string of the molecule is CN=C(NCCc1nc(C(C)(C)C)cs1)NCc1ccc(F)c(C)c1. The van der Waals surface area contributed by atoms with Crippen molar-refractivity contribution in [2.45, 2.75) is 46.1 Å². The van der Waals surface area contributed by atoms with Crippen LogP contribution in [0.2, 0.25) is 0 Å². The van der Waals surface area contributed by atoms with E-state index in [1.807, 2.05) is 6.07 Å². The maximum Gasteiger partial charge on any atom is 0.191 e. The fourth-order valence-electron chi connectivity index (χ4n) is 2.28. The first-order chi connectivity index (χ1) is 11.8. The lowest BCUT2D eigenvalue weighted by molar-refractivity contribution is 0.570. The number of halogens is 1. The predicted octanol–water partition coefficient (Wildman–Crippen LogP) is 3.80. The van der Waals surface area contributed by atoms with Crippen LogP contribution in [0.1, 0.15) is 42.6 Å². The normalized spacial score (nSPS) is 12.3. The maximum absolute atomic E-state index is 13.3. The second-order valence-electron chi connectivity index (χ2n) is 7.06. The number of hydrogen-bond acceptors (Lipinski definition) is 3. The number of aliphatic imine (C=N–C) groups is 1. The highest BCUT2D eigenvalue weighted by atomic mass is 32.1. The van der Waals surface area contributed by atoms with Crippen molar-refractivity contribution in [3.63, 3.8) is 0 Å². The van der Waals surface area contributed by atoms with Crippen molar-refractivity contribution in [2.24, 2.45) is 4.99 Å². The first kappa shape index (κ1) is 19.4. The summed E-state index contributed by atoms with van der Waals surface area (Å²) in [5, 5.41) is 9.81. The number of guanidine groups is 1. The molecule has 0 atom stereocenters. The van der Waals surface area contributed by atoms with Crippen molar-refractivity contribution < 1.29 is 4.39 Å². The van der Waals surface area contributed by atoms with Crippen LogP contribution in [-0.2, 0) is 18.4 Å². The number of benzene rings is 1. The fourth-order valence-corrected chi connectivity index (χ4v) is 3.31. The Bertz CT molecular complexity index is 731. The minimum absolute atomic E-state index is 0.0903. The zero-order chi connectivity index (χ0) is 18.4. The number of nitrogens with zero attached hydrogens (tertiary/aromatic N) is 2.